The average Bonchev–Trinajstić information content (AvgIpc) is 3.03. The highest BCUT2D eigenvalue weighted by Crippen LogP contribution is 2.45. The quantitative estimate of drug-likeness (QED) is 0.928. The molecule has 3 aliphatic carbocycles. The molecule has 3 saturated carbocycles. The van der Waals surface area contributed by atoms with Gasteiger partial charge < -0.3 is 5.32 Å². The summed E-state index contributed by atoms with van der Waals surface area (Å²) in [5.74, 6) is 2.19. The van der Waals surface area contributed by atoms with Crippen molar-refractivity contribution in [2.75, 3.05) is 5.32 Å². The van der Waals surface area contributed by atoms with Gasteiger partial charge in [0.25, 0.3) is 5.56 Å². The minimum atomic E-state index is -0.0443. The number of nitrogens with zero attached hydrogens (tertiary/aromatic N) is 2. The second kappa shape index (κ2) is 5.31. The zero-order valence-corrected chi connectivity index (χ0v) is 13.0. The van der Waals surface area contributed by atoms with Crippen molar-refractivity contribution in [3.8, 4) is 0 Å². The van der Waals surface area contributed by atoms with Gasteiger partial charge in [-0.25, -0.2) is 4.68 Å². The van der Waals surface area contributed by atoms with Crippen LogP contribution in [0.15, 0.2) is 11.0 Å². The van der Waals surface area contributed by atoms with E-state index in [4.69, 9.17) is 11.6 Å². The fourth-order valence-corrected chi connectivity index (χ4v) is 4.44. The fraction of sp³-hybridized carbons (Fsp3) is 0.750. The molecule has 0 aromatic carbocycles. The molecule has 4 rings (SSSR count). The van der Waals surface area contributed by atoms with Crippen LogP contribution in [0.4, 0.5) is 5.69 Å². The van der Waals surface area contributed by atoms with Crippen LogP contribution in [0.25, 0.3) is 0 Å². The molecular formula is C16H22ClN3O. The van der Waals surface area contributed by atoms with Crippen molar-refractivity contribution in [3.05, 3.63) is 21.6 Å². The molecule has 2 bridgehead atoms. The standard InChI is InChI=1S/C16H22ClN3O/c17-13-8-18-20(9-10-2-1-3-10)16(21)15(13)19-14-7-11-4-5-12(14)6-11/h8,10-12,14,19H,1-7,9H2. The summed E-state index contributed by atoms with van der Waals surface area (Å²) in [6, 6.07) is 0.425. The Kier molecular flexibility index (Phi) is 3.44. The van der Waals surface area contributed by atoms with E-state index in [-0.39, 0.29) is 5.56 Å². The van der Waals surface area contributed by atoms with Crippen molar-refractivity contribution in [3.63, 3.8) is 0 Å². The van der Waals surface area contributed by atoms with Gasteiger partial charge in [0.05, 0.1) is 11.2 Å². The first kappa shape index (κ1) is 13.6. The van der Waals surface area contributed by atoms with Crippen molar-refractivity contribution in [1.82, 2.24) is 9.78 Å². The monoisotopic (exact) mass is 307 g/mol. The van der Waals surface area contributed by atoms with Crippen LogP contribution in [0.1, 0.15) is 44.9 Å². The van der Waals surface area contributed by atoms with E-state index in [9.17, 15) is 4.79 Å². The molecule has 0 radical (unpaired) electrons. The number of aromatic nitrogens is 2. The molecule has 1 heterocycles. The summed E-state index contributed by atoms with van der Waals surface area (Å²) < 4.78 is 1.60. The van der Waals surface area contributed by atoms with Crippen molar-refractivity contribution < 1.29 is 0 Å². The lowest BCUT2D eigenvalue weighted by Crippen LogP contribution is -2.34. The third-order valence-corrected chi connectivity index (χ3v) is 6.01. The molecule has 4 nitrogen and oxygen atoms in total. The van der Waals surface area contributed by atoms with E-state index in [0.29, 0.717) is 22.7 Å². The molecule has 1 N–H and O–H groups in total. The van der Waals surface area contributed by atoms with Crippen molar-refractivity contribution in [2.24, 2.45) is 17.8 Å². The first-order valence-corrected chi connectivity index (χ1v) is 8.60. The normalized spacial score (nSPS) is 31.4. The van der Waals surface area contributed by atoms with Crippen LogP contribution in [0.2, 0.25) is 5.02 Å². The second-order valence-electron chi connectivity index (χ2n) is 7.08. The van der Waals surface area contributed by atoms with E-state index in [0.717, 1.165) is 18.4 Å². The van der Waals surface area contributed by atoms with Gasteiger partial charge in [0.1, 0.15) is 5.69 Å². The lowest BCUT2D eigenvalue weighted by Gasteiger charge is -2.26. The summed E-state index contributed by atoms with van der Waals surface area (Å²) in [6.07, 6.45) is 10.5. The zero-order valence-electron chi connectivity index (χ0n) is 12.2. The number of anilines is 1. The Morgan fingerprint density at radius 2 is 2.14 bits per heavy atom. The lowest BCUT2D eigenvalue weighted by atomic mass is 9.85. The SMILES string of the molecule is O=c1c(NC2CC3CCC2C3)c(Cl)cnn1CC1CCC1. The van der Waals surface area contributed by atoms with Crippen LogP contribution >= 0.6 is 11.6 Å². The maximum atomic E-state index is 12.6. The summed E-state index contributed by atoms with van der Waals surface area (Å²) in [4.78, 5) is 12.6. The van der Waals surface area contributed by atoms with Crippen LogP contribution in [0.3, 0.4) is 0 Å². The largest absolute Gasteiger partial charge is 0.376 e. The Labute approximate surface area is 129 Å². The van der Waals surface area contributed by atoms with Crippen LogP contribution in [0, 0.1) is 17.8 Å². The van der Waals surface area contributed by atoms with Gasteiger partial charge >= 0.3 is 0 Å². The van der Waals surface area contributed by atoms with E-state index in [1.165, 1.54) is 44.9 Å². The van der Waals surface area contributed by atoms with Gasteiger partial charge in [-0.2, -0.15) is 5.10 Å². The summed E-state index contributed by atoms with van der Waals surface area (Å²) in [5, 5.41) is 8.13. The average molecular weight is 308 g/mol. The molecular weight excluding hydrogens is 286 g/mol. The molecule has 21 heavy (non-hydrogen) atoms. The van der Waals surface area contributed by atoms with Crippen LogP contribution in [-0.2, 0) is 6.54 Å². The second-order valence-corrected chi connectivity index (χ2v) is 7.48. The smallest absolute Gasteiger partial charge is 0.291 e. The molecule has 3 aliphatic rings. The Balaban J connectivity index is 1.55. The van der Waals surface area contributed by atoms with Gasteiger partial charge in [-0.1, -0.05) is 24.4 Å². The molecule has 0 amide bonds. The van der Waals surface area contributed by atoms with Gasteiger partial charge in [0.2, 0.25) is 0 Å². The van der Waals surface area contributed by atoms with E-state index in [2.05, 4.69) is 10.4 Å². The van der Waals surface area contributed by atoms with E-state index < -0.39 is 0 Å². The number of fused-ring (bicyclic) bond motifs is 2. The summed E-state index contributed by atoms with van der Waals surface area (Å²) in [7, 11) is 0. The maximum absolute atomic E-state index is 12.6. The number of halogens is 1. The molecule has 0 spiro atoms. The Morgan fingerprint density at radius 1 is 1.29 bits per heavy atom. The zero-order chi connectivity index (χ0) is 14.4. The van der Waals surface area contributed by atoms with Crippen LogP contribution < -0.4 is 10.9 Å². The molecule has 0 saturated heterocycles. The highest BCUT2D eigenvalue weighted by molar-refractivity contribution is 6.33. The van der Waals surface area contributed by atoms with Crippen LogP contribution in [0.5, 0.6) is 0 Å². The number of hydrogen-bond acceptors (Lipinski definition) is 3. The molecule has 0 aliphatic heterocycles. The summed E-state index contributed by atoms with van der Waals surface area (Å²) >= 11 is 6.23. The third kappa shape index (κ3) is 2.48. The lowest BCUT2D eigenvalue weighted by molar-refractivity contribution is 0.262. The molecule has 3 atom stereocenters. The predicted molar refractivity (Wildman–Crippen MR) is 83.7 cm³/mol. The summed E-state index contributed by atoms with van der Waals surface area (Å²) in [6.45, 7) is 0.738. The predicted octanol–water partition coefficient (Wildman–Crippen LogP) is 3.30. The molecule has 3 unspecified atom stereocenters. The topological polar surface area (TPSA) is 46.9 Å². The Morgan fingerprint density at radius 3 is 2.76 bits per heavy atom. The van der Waals surface area contributed by atoms with E-state index >= 15 is 0 Å². The third-order valence-electron chi connectivity index (χ3n) is 5.72. The summed E-state index contributed by atoms with van der Waals surface area (Å²) in [5.41, 5.74) is 0.528. The van der Waals surface area contributed by atoms with Crippen LogP contribution in [-0.4, -0.2) is 15.8 Å². The first-order chi connectivity index (χ1) is 10.2. The number of nitrogens with one attached hydrogen (secondary N) is 1. The highest BCUT2D eigenvalue weighted by atomic mass is 35.5. The Hall–Kier alpha value is -1.03. The van der Waals surface area contributed by atoms with Crippen molar-refractivity contribution >= 4 is 17.3 Å². The maximum Gasteiger partial charge on any atom is 0.291 e. The fourth-order valence-electron chi connectivity index (χ4n) is 4.26. The van der Waals surface area contributed by atoms with Crippen molar-refractivity contribution in [1.29, 1.82) is 0 Å². The number of rotatable bonds is 4. The molecule has 114 valence electrons. The van der Waals surface area contributed by atoms with Gasteiger partial charge in [-0.15, -0.1) is 0 Å². The molecule has 1 aromatic rings. The molecule has 5 heteroatoms. The van der Waals surface area contributed by atoms with Crippen molar-refractivity contribution in [2.45, 2.75) is 57.5 Å². The van der Waals surface area contributed by atoms with Gasteiger partial charge in [0, 0.05) is 12.6 Å². The van der Waals surface area contributed by atoms with Gasteiger partial charge in [-0.3, -0.25) is 4.79 Å². The van der Waals surface area contributed by atoms with Gasteiger partial charge in [-0.05, 0) is 49.9 Å². The minimum Gasteiger partial charge on any atom is -0.376 e. The minimum absolute atomic E-state index is 0.0443. The first-order valence-electron chi connectivity index (χ1n) is 8.23. The Bertz CT molecular complexity index is 596. The van der Waals surface area contributed by atoms with E-state index in [1.807, 2.05) is 0 Å². The molecule has 3 fully saturated rings. The number of hydrogen-bond donors (Lipinski definition) is 1. The molecule has 1 aromatic heterocycles. The van der Waals surface area contributed by atoms with E-state index in [1.54, 1.807) is 10.9 Å². The highest BCUT2D eigenvalue weighted by Gasteiger charge is 2.40. The van der Waals surface area contributed by atoms with Gasteiger partial charge in [0.15, 0.2) is 0 Å².